The van der Waals surface area contributed by atoms with Gasteiger partial charge in [-0.25, -0.2) is 0 Å². The summed E-state index contributed by atoms with van der Waals surface area (Å²) in [4.78, 5) is 23.9. The van der Waals surface area contributed by atoms with Crippen LogP contribution in [0.1, 0.15) is 21.2 Å². The predicted molar refractivity (Wildman–Crippen MR) is 70.2 cm³/mol. The SMILES string of the molecule is Cc1ccc(CN(C)C(=O)c2ccc([N+](=O)[O-])s2)o1. The van der Waals surface area contributed by atoms with E-state index in [1.807, 2.05) is 13.0 Å². The molecular formula is C12H12N2O4S. The third kappa shape index (κ3) is 3.00. The monoisotopic (exact) mass is 280 g/mol. The number of aryl methyl sites for hydroxylation is 1. The predicted octanol–water partition coefficient (Wildman–Crippen LogP) is 2.83. The molecule has 0 bridgehead atoms. The van der Waals surface area contributed by atoms with Gasteiger partial charge in [0.2, 0.25) is 0 Å². The number of carbonyl (C=O) groups is 1. The third-order valence-electron chi connectivity index (χ3n) is 2.52. The number of amides is 1. The number of thiophene rings is 1. The van der Waals surface area contributed by atoms with Gasteiger partial charge >= 0.3 is 5.00 Å². The van der Waals surface area contributed by atoms with Crippen molar-refractivity contribution in [2.45, 2.75) is 13.5 Å². The van der Waals surface area contributed by atoms with Crippen LogP contribution in [-0.2, 0) is 6.54 Å². The molecule has 0 saturated carbocycles. The fourth-order valence-corrected chi connectivity index (χ4v) is 2.42. The van der Waals surface area contributed by atoms with E-state index in [4.69, 9.17) is 4.42 Å². The summed E-state index contributed by atoms with van der Waals surface area (Å²) >= 11 is 0.872. The Hall–Kier alpha value is -2.15. The minimum absolute atomic E-state index is 0.0365. The Morgan fingerprint density at radius 2 is 2.16 bits per heavy atom. The maximum atomic E-state index is 12.1. The quantitative estimate of drug-likeness (QED) is 0.637. The first-order valence-corrected chi connectivity index (χ1v) is 6.34. The van der Waals surface area contributed by atoms with Gasteiger partial charge in [0.15, 0.2) is 0 Å². The van der Waals surface area contributed by atoms with Crippen molar-refractivity contribution in [1.29, 1.82) is 0 Å². The summed E-state index contributed by atoms with van der Waals surface area (Å²) in [6.07, 6.45) is 0. The lowest BCUT2D eigenvalue weighted by molar-refractivity contribution is -0.380. The average molecular weight is 280 g/mol. The van der Waals surface area contributed by atoms with Gasteiger partial charge in [-0.05, 0) is 25.1 Å². The first kappa shape index (κ1) is 13.3. The van der Waals surface area contributed by atoms with E-state index in [9.17, 15) is 14.9 Å². The van der Waals surface area contributed by atoms with Gasteiger partial charge in [0, 0.05) is 13.1 Å². The molecule has 6 nitrogen and oxygen atoms in total. The van der Waals surface area contributed by atoms with Crippen LogP contribution >= 0.6 is 11.3 Å². The molecular weight excluding hydrogens is 268 g/mol. The molecule has 0 spiro atoms. The summed E-state index contributed by atoms with van der Waals surface area (Å²) in [5.41, 5.74) is 0. The molecule has 0 fully saturated rings. The molecule has 0 unspecified atom stereocenters. The highest BCUT2D eigenvalue weighted by Crippen LogP contribution is 2.25. The van der Waals surface area contributed by atoms with Crippen LogP contribution in [-0.4, -0.2) is 22.8 Å². The fourth-order valence-electron chi connectivity index (χ4n) is 1.60. The lowest BCUT2D eigenvalue weighted by atomic mass is 10.3. The minimum atomic E-state index is -0.503. The van der Waals surface area contributed by atoms with E-state index in [2.05, 4.69) is 0 Å². The standard InChI is InChI=1S/C12H12N2O4S/c1-8-3-4-9(18-8)7-13(2)12(15)10-5-6-11(19-10)14(16)17/h3-6H,7H2,1-2H3. The largest absolute Gasteiger partial charge is 0.464 e. The number of hydrogen-bond donors (Lipinski definition) is 0. The summed E-state index contributed by atoms with van der Waals surface area (Å²) in [5.74, 6) is 1.20. The molecule has 7 heteroatoms. The second-order valence-corrected chi connectivity index (χ2v) is 5.13. The Bertz CT molecular complexity index is 617. The Labute approximate surface area is 113 Å². The Morgan fingerprint density at radius 1 is 1.42 bits per heavy atom. The van der Waals surface area contributed by atoms with Crippen molar-refractivity contribution in [2.24, 2.45) is 0 Å². The number of rotatable bonds is 4. The van der Waals surface area contributed by atoms with Crippen LogP contribution < -0.4 is 0 Å². The van der Waals surface area contributed by atoms with Crippen molar-refractivity contribution < 1.29 is 14.1 Å². The third-order valence-corrected chi connectivity index (χ3v) is 3.54. The summed E-state index contributed by atoms with van der Waals surface area (Å²) in [7, 11) is 1.63. The van der Waals surface area contributed by atoms with Gasteiger partial charge in [0.25, 0.3) is 5.91 Å². The topological polar surface area (TPSA) is 76.6 Å². The maximum absolute atomic E-state index is 12.1. The average Bonchev–Trinajstić information content (AvgIpc) is 2.97. The van der Waals surface area contributed by atoms with E-state index in [0.717, 1.165) is 17.1 Å². The van der Waals surface area contributed by atoms with Gasteiger partial charge in [-0.2, -0.15) is 0 Å². The van der Waals surface area contributed by atoms with Gasteiger partial charge in [-0.1, -0.05) is 11.3 Å². The van der Waals surface area contributed by atoms with Gasteiger partial charge in [-0.3, -0.25) is 14.9 Å². The highest BCUT2D eigenvalue weighted by Gasteiger charge is 2.19. The van der Waals surface area contributed by atoms with Crippen molar-refractivity contribution in [3.05, 3.63) is 50.8 Å². The van der Waals surface area contributed by atoms with Crippen LogP contribution in [0.2, 0.25) is 0 Å². The van der Waals surface area contributed by atoms with Crippen molar-refractivity contribution in [3.8, 4) is 0 Å². The second kappa shape index (κ2) is 5.23. The zero-order valence-corrected chi connectivity index (χ0v) is 11.3. The van der Waals surface area contributed by atoms with E-state index in [0.29, 0.717) is 17.2 Å². The van der Waals surface area contributed by atoms with Crippen molar-refractivity contribution in [2.75, 3.05) is 7.05 Å². The Balaban J connectivity index is 2.07. The number of nitro groups is 1. The number of furan rings is 1. The molecule has 0 N–H and O–H groups in total. The molecule has 1 amide bonds. The molecule has 0 aliphatic carbocycles. The summed E-state index contributed by atoms with van der Waals surface area (Å²) in [5, 5.41) is 10.5. The molecule has 0 saturated heterocycles. The van der Waals surface area contributed by atoms with E-state index in [1.165, 1.54) is 17.0 Å². The first-order valence-electron chi connectivity index (χ1n) is 5.52. The van der Waals surface area contributed by atoms with Crippen molar-refractivity contribution >= 4 is 22.2 Å². The van der Waals surface area contributed by atoms with Gasteiger partial charge < -0.3 is 9.32 Å². The van der Waals surface area contributed by atoms with Crippen LogP contribution in [0, 0.1) is 17.0 Å². The van der Waals surface area contributed by atoms with Crippen molar-refractivity contribution in [1.82, 2.24) is 4.90 Å². The molecule has 0 atom stereocenters. The summed E-state index contributed by atoms with van der Waals surface area (Å²) in [6.45, 7) is 2.16. The molecule has 2 rings (SSSR count). The Kier molecular flexibility index (Phi) is 3.66. The van der Waals surface area contributed by atoms with E-state index in [-0.39, 0.29) is 10.9 Å². The van der Waals surface area contributed by atoms with E-state index < -0.39 is 4.92 Å². The molecule has 0 radical (unpaired) electrons. The summed E-state index contributed by atoms with van der Waals surface area (Å²) < 4.78 is 5.38. The Morgan fingerprint density at radius 3 is 2.68 bits per heavy atom. The van der Waals surface area contributed by atoms with Gasteiger partial charge in [-0.15, -0.1) is 0 Å². The molecule has 100 valence electrons. The highest BCUT2D eigenvalue weighted by molar-refractivity contribution is 7.17. The molecule has 0 aliphatic rings. The van der Waals surface area contributed by atoms with Crippen LogP contribution in [0.3, 0.4) is 0 Å². The molecule has 2 aromatic rings. The lowest BCUT2D eigenvalue weighted by Crippen LogP contribution is -2.25. The van der Waals surface area contributed by atoms with Crippen LogP contribution in [0.4, 0.5) is 5.00 Å². The normalized spacial score (nSPS) is 10.4. The number of carbonyl (C=O) groups excluding carboxylic acids is 1. The number of nitrogens with zero attached hydrogens (tertiary/aromatic N) is 2. The molecule has 0 aromatic carbocycles. The van der Waals surface area contributed by atoms with Crippen LogP contribution in [0.5, 0.6) is 0 Å². The lowest BCUT2D eigenvalue weighted by Gasteiger charge is -2.14. The number of hydrogen-bond acceptors (Lipinski definition) is 5. The zero-order chi connectivity index (χ0) is 14.0. The molecule has 2 aromatic heterocycles. The van der Waals surface area contributed by atoms with Crippen LogP contribution in [0.25, 0.3) is 0 Å². The van der Waals surface area contributed by atoms with Crippen molar-refractivity contribution in [3.63, 3.8) is 0 Å². The highest BCUT2D eigenvalue weighted by atomic mass is 32.1. The minimum Gasteiger partial charge on any atom is -0.464 e. The van der Waals surface area contributed by atoms with E-state index in [1.54, 1.807) is 13.1 Å². The summed E-state index contributed by atoms with van der Waals surface area (Å²) in [6, 6.07) is 6.43. The first-order chi connectivity index (χ1) is 8.97. The van der Waals surface area contributed by atoms with Gasteiger partial charge in [0.1, 0.15) is 11.5 Å². The van der Waals surface area contributed by atoms with Gasteiger partial charge in [0.05, 0.1) is 16.3 Å². The molecule has 0 aliphatic heterocycles. The molecule has 2 heterocycles. The fraction of sp³-hybridized carbons (Fsp3) is 0.250. The van der Waals surface area contributed by atoms with E-state index >= 15 is 0 Å². The second-order valence-electron chi connectivity index (χ2n) is 4.07. The molecule has 19 heavy (non-hydrogen) atoms. The zero-order valence-electron chi connectivity index (χ0n) is 10.5. The smallest absolute Gasteiger partial charge is 0.324 e. The maximum Gasteiger partial charge on any atom is 0.324 e. The van der Waals surface area contributed by atoms with Crippen LogP contribution in [0.15, 0.2) is 28.7 Å².